The Morgan fingerprint density at radius 1 is 1.27 bits per heavy atom. The van der Waals surface area contributed by atoms with E-state index in [-0.39, 0.29) is 11.7 Å². The molecule has 0 aliphatic carbocycles. The maximum Gasteiger partial charge on any atom is 0.312 e. The number of aromatic nitrogens is 4. The Labute approximate surface area is 213 Å². The third kappa shape index (κ3) is 4.52. The number of nitrogens with two attached hydrogens (primary N) is 1. The maximum atomic E-state index is 14.2. The molecule has 1 unspecified atom stereocenters. The van der Waals surface area contributed by atoms with Crippen molar-refractivity contribution >= 4 is 22.9 Å². The first-order valence-corrected chi connectivity index (χ1v) is 12.7. The molecule has 6 rings (SSSR count). The molecule has 0 saturated carbocycles. The minimum Gasteiger partial charge on any atom is -0.493 e. The van der Waals surface area contributed by atoms with Gasteiger partial charge in [0.25, 0.3) is 0 Å². The van der Waals surface area contributed by atoms with Crippen molar-refractivity contribution < 1.29 is 18.3 Å². The molecule has 0 spiro atoms. The number of nitrogens with zero attached hydrogens (tertiary/aromatic N) is 5. The van der Waals surface area contributed by atoms with Crippen molar-refractivity contribution in [2.75, 3.05) is 25.4 Å². The summed E-state index contributed by atoms with van der Waals surface area (Å²) in [5, 5.41) is 0. The van der Waals surface area contributed by atoms with Gasteiger partial charge in [-0.3, -0.25) is 4.79 Å². The monoisotopic (exact) mass is 504 g/mol. The van der Waals surface area contributed by atoms with Crippen LogP contribution in [0.2, 0.25) is 0 Å². The van der Waals surface area contributed by atoms with Crippen LogP contribution in [-0.4, -0.2) is 50.0 Å². The summed E-state index contributed by atoms with van der Waals surface area (Å²) < 4.78 is 27.7. The van der Waals surface area contributed by atoms with Crippen LogP contribution >= 0.6 is 0 Å². The van der Waals surface area contributed by atoms with Crippen molar-refractivity contribution in [3.63, 3.8) is 0 Å². The number of piperidine rings is 1. The number of anilines is 1. The Morgan fingerprint density at radius 3 is 2.97 bits per heavy atom. The highest BCUT2D eigenvalue weighted by molar-refractivity contribution is 5.82. The molecule has 5 heterocycles. The molecule has 2 N–H and O–H groups in total. The third-order valence-corrected chi connectivity index (χ3v) is 7.45. The van der Waals surface area contributed by atoms with E-state index in [1.54, 1.807) is 13.2 Å². The number of halogens is 1. The van der Waals surface area contributed by atoms with Gasteiger partial charge in [0, 0.05) is 45.0 Å². The largest absolute Gasteiger partial charge is 0.493 e. The predicted molar refractivity (Wildman–Crippen MR) is 135 cm³/mol. The summed E-state index contributed by atoms with van der Waals surface area (Å²) in [6.07, 6.45) is 4.94. The van der Waals surface area contributed by atoms with Crippen LogP contribution in [0.5, 0.6) is 5.75 Å². The van der Waals surface area contributed by atoms with Crippen LogP contribution in [0, 0.1) is 12.0 Å². The molecular weight excluding hydrogens is 475 g/mol. The van der Waals surface area contributed by atoms with E-state index in [9.17, 15) is 9.18 Å². The first kappa shape index (κ1) is 23.4. The van der Waals surface area contributed by atoms with Crippen LogP contribution in [0.15, 0.2) is 34.9 Å². The SMILES string of the molecule is CC(=O)N1CCCC(CCn2c(Cc3cc4c(cc3-c3ccco3)OCC4)nc3c(N)nc(F)nc32)C1. The van der Waals surface area contributed by atoms with Gasteiger partial charge in [-0.2, -0.15) is 14.4 Å². The summed E-state index contributed by atoms with van der Waals surface area (Å²) >= 11 is 0. The molecule has 4 aromatic rings. The molecule has 9 nitrogen and oxygen atoms in total. The highest BCUT2D eigenvalue weighted by atomic mass is 19.1. The number of fused-ring (bicyclic) bond motifs is 2. The minimum absolute atomic E-state index is 0.0246. The number of imidazole rings is 1. The first-order chi connectivity index (χ1) is 18.0. The lowest BCUT2D eigenvalue weighted by atomic mass is 9.94. The van der Waals surface area contributed by atoms with Crippen molar-refractivity contribution in [1.82, 2.24) is 24.4 Å². The van der Waals surface area contributed by atoms with E-state index < -0.39 is 6.08 Å². The van der Waals surface area contributed by atoms with Crippen LogP contribution in [-0.2, 0) is 24.2 Å². The molecule has 192 valence electrons. The van der Waals surface area contributed by atoms with Crippen molar-refractivity contribution in [2.45, 2.75) is 45.6 Å². The number of amides is 1. The van der Waals surface area contributed by atoms with Crippen molar-refractivity contribution in [3.05, 3.63) is 53.6 Å². The van der Waals surface area contributed by atoms with E-state index in [4.69, 9.17) is 19.9 Å². The topological polar surface area (TPSA) is 112 Å². The Hall–Kier alpha value is -3.95. The lowest BCUT2D eigenvalue weighted by Crippen LogP contribution is -2.38. The molecule has 3 aromatic heterocycles. The number of likely N-dealkylation sites (tertiary alicyclic amines) is 1. The van der Waals surface area contributed by atoms with Crippen LogP contribution in [0.4, 0.5) is 10.2 Å². The number of ether oxygens (including phenoxy) is 1. The van der Waals surface area contributed by atoms with Crippen LogP contribution in [0.1, 0.15) is 43.1 Å². The fraction of sp³-hybridized carbons (Fsp3) is 0.407. The van der Waals surface area contributed by atoms with E-state index in [0.717, 1.165) is 72.8 Å². The third-order valence-electron chi connectivity index (χ3n) is 7.45. The first-order valence-electron chi connectivity index (χ1n) is 12.7. The van der Waals surface area contributed by atoms with E-state index in [2.05, 4.69) is 16.0 Å². The summed E-state index contributed by atoms with van der Waals surface area (Å²) in [6.45, 7) is 4.39. The summed E-state index contributed by atoms with van der Waals surface area (Å²) in [5.41, 5.74) is 9.95. The van der Waals surface area contributed by atoms with Crippen molar-refractivity contribution in [2.24, 2.45) is 5.92 Å². The smallest absolute Gasteiger partial charge is 0.312 e. The lowest BCUT2D eigenvalue weighted by molar-refractivity contribution is -0.130. The fourth-order valence-corrected chi connectivity index (χ4v) is 5.56. The molecule has 1 atom stereocenters. The molecule has 2 aliphatic rings. The second-order valence-corrected chi connectivity index (χ2v) is 9.86. The highest BCUT2D eigenvalue weighted by Crippen LogP contribution is 2.36. The number of carbonyl (C=O) groups is 1. The second-order valence-electron chi connectivity index (χ2n) is 9.86. The van der Waals surface area contributed by atoms with Crippen LogP contribution < -0.4 is 10.5 Å². The zero-order valence-corrected chi connectivity index (χ0v) is 20.7. The molecule has 1 aromatic carbocycles. The summed E-state index contributed by atoms with van der Waals surface area (Å²) in [4.78, 5) is 26.4. The quantitative estimate of drug-likeness (QED) is 0.395. The maximum absolute atomic E-state index is 14.2. The number of furan rings is 1. The number of carbonyl (C=O) groups excluding carboxylic acids is 1. The van der Waals surface area contributed by atoms with Gasteiger partial charge in [0.15, 0.2) is 17.0 Å². The van der Waals surface area contributed by atoms with Gasteiger partial charge in [0.2, 0.25) is 5.91 Å². The van der Waals surface area contributed by atoms with Crippen LogP contribution in [0.25, 0.3) is 22.5 Å². The van der Waals surface area contributed by atoms with E-state index in [1.165, 1.54) is 0 Å². The van der Waals surface area contributed by atoms with Gasteiger partial charge < -0.3 is 24.4 Å². The van der Waals surface area contributed by atoms with Gasteiger partial charge in [-0.15, -0.1) is 0 Å². The fourth-order valence-electron chi connectivity index (χ4n) is 5.56. The molecule has 37 heavy (non-hydrogen) atoms. The Bertz CT molecular complexity index is 1470. The molecular formula is C27H29FN6O3. The highest BCUT2D eigenvalue weighted by Gasteiger charge is 2.25. The van der Waals surface area contributed by atoms with E-state index in [1.807, 2.05) is 27.7 Å². The van der Waals surface area contributed by atoms with Crippen molar-refractivity contribution in [3.8, 4) is 17.1 Å². The number of nitrogen functional groups attached to an aromatic ring is 1. The standard InChI is InChI=1S/C27H29FN6O3/c1-16(35)33-8-2-4-17(15-33)6-9-34-23(30-24-25(29)31-27(28)32-26(24)34)13-19-12-18-7-11-37-22(18)14-20(19)21-5-3-10-36-21/h3,5,10,12,14,17H,2,4,6-9,11,13,15H2,1H3,(H2,29,31,32). The minimum atomic E-state index is -0.871. The van der Waals surface area contributed by atoms with Gasteiger partial charge in [0.1, 0.15) is 17.3 Å². The molecule has 1 saturated heterocycles. The van der Waals surface area contributed by atoms with Gasteiger partial charge in [-0.1, -0.05) is 6.07 Å². The molecule has 0 radical (unpaired) electrons. The number of rotatable bonds is 6. The molecule has 1 amide bonds. The number of aryl methyl sites for hydroxylation is 1. The van der Waals surface area contributed by atoms with E-state index >= 15 is 0 Å². The molecule has 1 fully saturated rings. The van der Waals surface area contributed by atoms with Gasteiger partial charge >= 0.3 is 6.08 Å². The molecule has 0 bridgehead atoms. The number of hydrogen-bond donors (Lipinski definition) is 1. The number of hydrogen-bond acceptors (Lipinski definition) is 7. The predicted octanol–water partition coefficient (Wildman–Crippen LogP) is 3.98. The zero-order valence-electron chi connectivity index (χ0n) is 20.7. The zero-order chi connectivity index (χ0) is 25.5. The Balaban J connectivity index is 1.37. The van der Waals surface area contributed by atoms with Gasteiger partial charge in [-0.25, -0.2) is 4.98 Å². The second kappa shape index (κ2) is 9.49. The Kier molecular flexibility index (Phi) is 6.02. The van der Waals surface area contributed by atoms with E-state index in [0.29, 0.717) is 36.7 Å². The van der Waals surface area contributed by atoms with Crippen LogP contribution in [0.3, 0.4) is 0 Å². The Morgan fingerprint density at radius 2 is 2.16 bits per heavy atom. The molecule has 10 heteroatoms. The molecule has 2 aliphatic heterocycles. The van der Waals surface area contributed by atoms with Gasteiger partial charge in [0.05, 0.1) is 12.9 Å². The summed E-state index contributed by atoms with van der Waals surface area (Å²) in [6, 6.07) is 7.95. The number of benzene rings is 1. The van der Waals surface area contributed by atoms with Crippen molar-refractivity contribution in [1.29, 1.82) is 0 Å². The summed E-state index contributed by atoms with van der Waals surface area (Å²) in [5.74, 6) is 2.82. The average molecular weight is 505 g/mol. The summed E-state index contributed by atoms with van der Waals surface area (Å²) in [7, 11) is 0. The lowest BCUT2D eigenvalue weighted by Gasteiger charge is -2.32. The average Bonchev–Trinajstić information content (AvgIpc) is 3.63. The normalized spacial score (nSPS) is 17.2. The van der Waals surface area contributed by atoms with Gasteiger partial charge in [-0.05, 0) is 54.5 Å².